The molecule has 1 N–H and O–H groups in total. The van der Waals surface area contributed by atoms with E-state index in [1.807, 2.05) is 35.2 Å². The zero-order chi connectivity index (χ0) is 19.7. The van der Waals surface area contributed by atoms with Gasteiger partial charge in [-0.3, -0.25) is 9.20 Å². The van der Waals surface area contributed by atoms with E-state index in [1.54, 1.807) is 0 Å². The van der Waals surface area contributed by atoms with Crippen LogP contribution in [-0.4, -0.2) is 46.4 Å². The normalized spacial score (nSPS) is 15.6. The molecular weight excluding hydrogens is 348 g/mol. The molecule has 1 fully saturated rings. The maximum Gasteiger partial charge on any atom is 0.253 e. The van der Waals surface area contributed by atoms with Crippen LogP contribution >= 0.6 is 0 Å². The van der Waals surface area contributed by atoms with Crippen LogP contribution in [0, 0.1) is 0 Å². The topological polar surface area (TPSA) is 49.6 Å². The highest BCUT2D eigenvalue weighted by atomic mass is 16.2. The zero-order valence-electron chi connectivity index (χ0n) is 16.9. The summed E-state index contributed by atoms with van der Waals surface area (Å²) < 4.78 is 2.14. The summed E-state index contributed by atoms with van der Waals surface area (Å²) in [5, 5.41) is 3.34. The van der Waals surface area contributed by atoms with E-state index in [9.17, 15) is 4.79 Å². The van der Waals surface area contributed by atoms with Crippen molar-refractivity contribution < 1.29 is 4.79 Å². The molecule has 1 aliphatic rings. The fourth-order valence-corrected chi connectivity index (χ4v) is 3.80. The number of nitrogens with zero attached hydrogens (tertiary/aromatic N) is 3. The van der Waals surface area contributed by atoms with Gasteiger partial charge in [-0.1, -0.05) is 39.0 Å². The number of aromatic nitrogens is 2. The van der Waals surface area contributed by atoms with Gasteiger partial charge in [0, 0.05) is 42.4 Å². The highest BCUT2D eigenvalue weighted by Gasteiger charge is 2.25. The number of rotatable bonds is 2. The molecule has 28 heavy (non-hydrogen) atoms. The summed E-state index contributed by atoms with van der Waals surface area (Å²) >= 11 is 0. The van der Waals surface area contributed by atoms with E-state index in [-0.39, 0.29) is 11.3 Å². The fraction of sp³-hybridized carbons (Fsp3) is 0.391. The summed E-state index contributed by atoms with van der Waals surface area (Å²) in [7, 11) is 0. The van der Waals surface area contributed by atoms with E-state index in [2.05, 4.69) is 48.8 Å². The predicted molar refractivity (Wildman–Crippen MR) is 113 cm³/mol. The Balaban J connectivity index is 1.70. The molecule has 0 atom stereocenters. The molecule has 0 aliphatic carbocycles. The SMILES string of the molecule is CC(C)(C)c1nc2ccccn2c1-c1ccc(C(=O)N2CCCNCC2)cc1. The molecule has 2 aromatic heterocycles. The predicted octanol–water partition coefficient (Wildman–Crippen LogP) is 3.73. The van der Waals surface area contributed by atoms with Gasteiger partial charge in [0.2, 0.25) is 0 Å². The molecule has 5 heteroatoms. The number of carbonyl (C=O) groups excluding carboxylic acids is 1. The fourth-order valence-electron chi connectivity index (χ4n) is 3.80. The standard InChI is InChI=1S/C23H28N4O/c1-23(2,3)21-20(27-15-5-4-7-19(27)25-21)17-8-10-18(11-9-17)22(28)26-14-6-12-24-13-16-26/h4-5,7-11,15,24H,6,12-14,16H2,1-3H3. The third-order valence-corrected chi connectivity index (χ3v) is 5.27. The second-order valence-electron chi connectivity index (χ2n) is 8.46. The largest absolute Gasteiger partial charge is 0.337 e. The Morgan fingerprint density at radius 2 is 1.82 bits per heavy atom. The maximum atomic E-state index is 12.9. The minimum atomic E-state index is -0.0745. The van der Waals surface area contributed by atoms with Crippen LogP contribution in [0.4, 0.5) is 0 Å². The number of amides is 1. The van der Waals surface area contributed by atoms with Gasteiger partial charge in [-0.05, 0) is 37.2 Å². The third-order valence-electron chi connectivity index (χ3n) is 5.27. The summed E-state index contributed by atoms with van der Waals surface area (Å²) in [6, 6.07) is 14.1. The van der Waals surface area contributed by atoms with Crippen molar-refractivity contribution in [3.05, 3.63) is 59.9 Å². The molecule has 0 radical (unpaired) electrons. The van der Waals surface area contributed by atoms with E-state index in [0.717, 1.165) is 60.8 Å². The van der Waals surface area contributed by atoms with Crippen LogP contribution in [0.15, 0.2) is 48.7 Å². The average Bonchev–Trinajstić information content (AvgIpc) is 2.88. The highest BCUT2D eigenvalue weighted by molar-refractivity contribution is 5.94. The van der Waals surface area contributed by atoms with Gasteiger partial charge in [0.25, 0.3) is 5.91 Å². The number of nitrogens with one attached hydrogen (secondary N) is 1. The monoisotopic (exact) mass is 376 g/mol. The van der Waals surface area contributed by atoms with Crippen LogP contribution in [0.5, 0.6) is 0 Å². The van der Waals surface area contributed by atoms with Gasteiger partial charge in [0.05, 0.1) is 11.4 Å². The minimum absolute atomic E-state index is 0.0745. The van der Waals surface area contributed by atoms with Gasteiger partial charge >= 0.3 is 0 Å². The lowest BCUT2D eigenvalue weighted by Crippen LogP contribution is -2.34. The number of imidazole rings is 1. The molecule has 3 heterocycles. The van der Waals surface area contributed by atoms with Crippen LogP contribution < -0.4 is 5.32 Å². The van der Waals surface area contributed by atoms with Gasteiger partial charge in [-0.15, -0.1) is 0 Å². The Morgan fingerprint density at radius 3 is 2.57 bits per heavy atom. The Hall–Kier alpha value is -2.66. The molecule has 0 saturated carbocycles. The smallest absolute Gasteiger partial charge is 0.253 e. The number of benzene rings is 1. The lowest BCUT2D eigenvalue weighted by Gasteiger charge is -2.20. The molecular formula is C23H28N4O. The summed E-state index contributed by atoms with van der Waals surface area (Å²) in [6.07, 6.45) is 3.05. The van der Waals surface area contributed by atoms with Crippen molar-refractivity contribution in [3.63, 3.8) is 0 Å². The van der Waals surface area contributed by atoms with Gasteiger partial charge in [-0.2, -0.15) is 0 Å². The van der Waals surface area contributed by atoms with Crippen LogP contribution in [0.25, 0.3) is 16.9 Å². The quantitative estimate of drug-likeness (QED) is 0.741. The lowest BCUT2D eigenvalue weighted by molar-refractivity contribution is 0.0766. The first-order valence-corrected chi connectivity index (χ1v) is 10.0. The molecule has 3 aromatic rings. The zero-order valence-corrected chi connectivity index (χ0v) is 16.9. The third kappa shape index (κ3) is 3.54. The second kappa shape index (κ2) is 7.40. The molecule has 4 rings (SSSR count). The van der Waals surface area contributed by atoms with E-state index < -0.39 is 0 Å². The van der Waals surface area contributed by atoms with Crippen molar-refractivity contribution in [2.75, 3.05) is 26.2 Å². The highest BCUT2D eigenvalue weighted by Crippen LogP contribution is 2.33. The molecule has 1 amide bonds. The van der Waals surface area contributed by atoms with Crippen molar-refractivity contribution in [3.8, 4) is 11.3 Å². The average molecular weight is 377 g/mol. The molecule has 146 valence electrons. The Morgan fingerprint density at radius 1 is 1.04 bits per heavy atom. The summed E-state index contributed by atoms with van der Waals surface area (Å²) in [5.74, 6) is 0.115. The van der Waals surface area contributed by atoms with Crippen molar-refractivity contribution in [2.45, 2.75) is 32.6 Å². The van der Waals surface area contributed by atoms with Crippen LogP contribution in [-0.2, 0) is 5.41 Å². The molecule has 0 bridgehead atoms. The van der Waals surface area contributed by atoms with E-state index in [4.69, 9.17) is 4.98 Å². The molecule has 0 unspecified atom stereocenters. The van der Waals surface area contributed by atoms with Crippen LogP contribution in [0.2, 0.25) is 0 Å². The van der Waals surface area contributed by atoms with Crippen molar-refractivity contribution >= 4 is 11.6 Å². The van der Waals surface area contributed by atoms with Gasteiger partial charge in [-0.25, -0.2) is 4.98 Å². The number of hydrogen-bond donors (Lipinski definition) is 1. The van der Waals surface area contributed by atoms with Gasteiger partial charge in [0.1, 0.15) is 5.65 Å². The summed E-state index contributed by atoms with van der Waals surface area (Å²) in [5.41, 5.74) is 4.86. The van der Waals surface area contributed by atoms with Crippen molar-refractivity contribution in [1.82, 2.24) is 19.6 Å². The molecule has 0 spiro atoms. The number of pyridine rings is 1. The Kier molecular flexibility index (Phi) is 4.94. The lowest BCUT2D eigenvalue weighted by atomic mass is 9.89. The first kappa shape index (κ1) is 18.7. The summed E-state index contributed by atoms with van der Waals surface area (Å²) in [4.78, 5) is 19.7. The number of carbonyl (C=O) groups is 1. The maximum absolute atomic E-state index is 12.9. The number of fused-ring (bicyclic) bond motifs is 1. The van der Waals surface area contributed by atoms with Crippen LogP contribution in [0.3, 0.4) is 0 Å². The first-order chi connectivity index (χ1) is 13.4. The minimum Gasteiger partial charge on any atom is -0.337 e. The molecule has 1 aromatic carbocycles. The number of hydrogen-bond acceptors (Lipinski definition) is 3. The molecule has 1 saturated heterocycles. The van der Waals surface area contributed by atoms with E-state index >= 15 is 0 Å². The molecule has 1 aliphatic heterocycles. The Bertz CT molecular complexity index is 974. The van der Waals surface area contributed by atoms with Gasteiger partial charge in [0.15, 0.2) is 0 Å². The Labute approximate surface area is 166 Å². The van der Waals surface area contributed by atoms with E-state index in [0.29, 0.717) is 0 Å². The first-order valence-electron chi connectivity index (χ1n) is 10.0. The second-order valence-corrected chi connectivity index (χ2v) is 8.46. The molecule has 5 nitrogen and oxygen atoms in total. The van der Waals surface area contributed by atoms with E-state index in [1.165, 1.54) is 0 Å². The van der Waals surface area contributed by atoms with Crippen LogP contribution in [0.1, 0.15) is 43.2 Å². The summed E-state index contributed by atoms with van der Waals surface area (Å²) in [6.45, 7) is 9.97. The van der Waals surface area contributed by atoms with Crippen molar-refractivity contribution in [2.24, 2.45) is 0 Å². The van der Waals surface area contributed by atoms with Gasteiger partial charge < -0.3 is 10.2 Å². The van der Waals surface area contributed by atoms with Crippen molar-refractivity contribution in [1.29, 1.82) is 0 Å².